The molecule has 5 heteroatoms. The molecule has 0 saturated carbocycles. The van der Waals surface area contributed by atoms with Gasteiger partial charge in [-0.05, 0) is 29.8 Å². The van der Waals surface area contributed by atoms with E-state index in [4.69, 9.17) is 28.9 Å². The first-order chi connectivity index (χ1) is 10.1. The summed E-state index contributed by atoms with van der Waals surface area (Å²) in [6, 6.07) is 13.3. The summed E-state index contributed by atoms with van der Waals surface area (Å²) in [7, 11) is 0. The van der Waals surface area contributed by atoms with Crippen molar-refractivity contribution >= 4 is 40.2 Å². The molecule has 0 fully saturated rings. The molecule has 0 bridgehead atoms. The van der Waals surface area contributed by atoms with Gasteiger partial charge in [0.1, 0.15) is 0 Å². The van der Waals surface area contributed by atoms with Crippen molar-refractivity contribution in [3.63, 3.8) is 0 Å². The number of benzene rings is 2. The lowest BCUT2D eigenvalue weighted by molar-refractivity contribution is 1.14. The number of nitrogens with zero attached hydrogens (tertiary/aromatic N) is 1. The molecular weight excluding hydrogens is 323 g/mol. The van der Waals surface area contributed by atoms with Crippen LogP contribution in [0.2, 0.25) is 10.0 Å². The van der Waals surface area contributed by atoms with Crippen molar-refractivity contribution in [2.24, 2.45) is 0 Å². The zero-order valence-electron chi connectivity index (χ0n) is 11.0. The van der Waals surface area contributed by atoms with Gasteiger partial charge in [0.25, 0.3) is 0 Å². The first-order valence-electron chi connectivity index (χ1n) is 6.36. The van der Waals surface area contributed by atoms with E-state index in [2.05, 4.69) is 4.98 Å². The topological polar surface area (TPSA) is 38.9 Å². The largest absolute Gasteiger partial charge is 0.399 e. The molecule has 3 aromatic rings. The molecule has 1 aromatic heterocycles. The Morgan fingerprint density at radius 2 is 1.81 bits per heavy atom. The standard InChI is InChI=1S/C16H12Cl2N2S/c17-12-4-1-11(14(18)8-12)7-16-20-15(9-21-16)10-2-5-13(19)6-3-10/h1-6,8-9H,7,19H2. The zero-order valence-corrected chi connectivity index (χ0v) is 13.3. The Morgan fingerprint density at radius 3 is 2.52 bits per heavy atom. The maximum absolute atomic E-state index is 6.20. The van der Waals surface area contributed by atoms with Gasteiger partial charge in [-0.3, -0.25) is 0 Å². The van der Waals surface area contributed by atoms with Crippen LogP contribution in [0.1, 0.15) is 10.6 Å². The Bertz CT molecular complexity index is 766. The van der Waals surface area contributed by atoms with E-state index in [0.29, 0.717) is 16.5 Å². The predicted molar refractivity (Wildman–Crippen MR) is 91.2 cm³/mol. The molecule has 0 saturated heterocycles. The average molecular weight is 335 g/mol. The van der Waals surface area contributed by atoms with Gasteiger partial charge in [-0.25, -0.2) is 4.98 Å². The summed E-state index contributed by atoms with van der Waals surface area (Å²) in [5.41, 5.74) is 9.50. The van der Waals surface area contributed by atoms with Crippen LogP contribution in [0.25, 0.3) is 11.3 Å². The van der Waals surface area contributed by atoms with E-state index in [1.165, 1.54) is 0 Å². The van der Waals surface area contributed by atoms with Crippen LogP contribution in [-0.4, -0.2) is 4.98 Å². The summed E-state index contributed by atoms with van der Waals surface area (Å²) in [6.45, 7) is 0. The summed E-state index contributed by atoms with van der Waals surface area (Å²) in [5, 5.41) is 4.38. The third kappa shape index (κ3) is 3.38. The molecule has 2 aromatic carbocycles. The Kier molecular flexibility index (Phi) is 4.15. The van der Waals surface area contributed by atoms with Crippen molar-refractivity contribution in [3.8, 4) is 11.3 Å². The molecule has 0 radical (unpaired) electrons. The molecule has 0 amide bonds. The van der Waals surface area contributed by atoms with Gasteiger partial charge in [0.15, 0.2) is 0 Å². The van der Waals surface area contributed by atoms with Gasteiger partial charge in [0.05, 0.1) is 10.7 Å². The molecule has 1 heterocycles. The molecule has 3 rings (SSSR count). The van der Waals surface area contributed by atoms with Crippen molar-refractivity contribution in [2.45, 2.75) is 6.42 Å². The van der Waals surface area contributed by atoms with Gasteiger partial charge in [0.2, 0.25) is 0 Å². The molecule has 2 nitrogen and oxygen atoms in total. The highest BCUT2D eigenvalue weighted by atomic mass is 35.5. The van der Waals surface area contributed by atoms with Gasteiger partial charge in [0, 0.05) is 33.1 Å². The number of anilines is 1. The van der Waals surface area contributed by atoms with E-state index in [-0.39, 0.29) is 0 Å². The van der Waals surface area contributed by atoms with E-state index < -0.39 is 0 Å². The number of thiazole rings is 1. The summed E-state index contributed by atoms with van der Waals surface area (Å²) in [5.74, 6) is 0. The summed E-state index contributed by atoms with van der Waals surface area (Å²) in [4.78, 5) is 4.66. The average Bonchev–Trinajstić information content (AvgIpc) is 2.91. The van der Waals surface area contributed by atoms with Gasteiger partial charge in [-0.15, -0.1) is 11.3 Å². The SMILES string of the molecule is Nc1ccc(-c2csc(Cc3ccc(Cl)cc3Cl)n2)cc1. The lowest BCUT2D eigenvalue weighted by Crippen LogP contribution is -1.89. The Hall–Kier alpha value is -1.55. The molecule has 0 spiro atoms. The number of halogens is 2. The molecule has 106 valence electrons. The minimum Gasteiger partial charge on any atom is -0.399 e. The summed E-state index contributed by atoms with van der Waals surface area (Å²) < 4.78 is 0. The number of aromatic nitrogens is 1. The minimum absolute atomic E-state index is 0.644. The van der Waals surface area contributed by atoms with Gasteiger partial charge >= 0.3 is 0 Å². The van der Waals surface area contributed by atoms with Crippen molar-refractivity contribution in [1.29, 1.82) is 0 Å². The number of rotatable bonds is 3. The zero-order chi connectivity index (χ0) is 14.8. The van der Waals surface area contributed by atoms with Crippen molar-refractivity contribution in [1.82, 2.24) is 4.98 Å². The lowest BCUT2D eigenvalue weighted by Gasteiger charge is -2.02. The smallest absolute Gasteiger partial charge is 0.0977 e. The highest BCUT2D eigenvalue weighted by Crippen LogP contribution is 2.27. The Labute approximate surface area is 137 Å². The normalized spacial score (nSPS) is 10.8. The molecule has 0 aliphatic carbocycles. The van der Waals surface area contributed by atoms with E-state index in [1.54, 1.807) is 17.4 Å². The van der Waals surface area contributed by atoms with Crippen LogP contribution in [0, 0.1) is 0 Å². The number of hydrogen-bond acceptors (Lipinski definition) is 3. The van der Waals surface area contributed by atoms with E-state index in [1.807, 2.05) is 41.8 Å². The van der Waals surface area contributed by atoms with Gasteiger partial charge in [-0.2, -0.15) is 0 Å². The molecule has 0 aliphatic heterocycles. The molecule has 21 heavy (non-hydrogen) atoms. The number of nitrogen functional groups attached to an aromatic ring is 1. The molecule has 0 unspecified atom stereocenters. The fourth-order valence-corrected chi connectivity index (χ4v) is 3.31. The highest BCUT2D eigenvalue weighted by molar-refractivity contribution is 7.10. The van der Waals surface area contributed by atoms with Crippen molar-refractivity contribution < 1.29 is 0 Å². The highest BCUT2D eigenvalue weighted by Gasteiger charge is 2.08. The third-order valence-electron chi connectivity index (χ3n) is 3.11. The summed E-state index contributed by atoms with van der Waals surface area (Å²) in [6.07, 6.45) is 0.704. The fraction of sp³-hybridized carbons (Fsp3) is 0.0625. The second-order valence-corrected chi connectivity index (χ2v) is 6.45. The second kappa shape index (κ2) is 6.06. The van der Waals surface area contributed by atoms with Crippen LogP contribution in [-0.2, 0) is 6.42 Å². The summed E-state index contributed by atoms with van der Waals surface area (Å²) >= 11 is 13.7. The first-order valence-corrected chi connectivity index (χ1v) is 7.99. The van der Waals surface area contributed by atoms with Crippen LogP contribution >= 0.6 is 34.5 Å². The fourth-order valence-electron chi connectivity index (χ4n) is 2.01. The maximum atomic E-state index is 6.20. The van der Waals surface area contributed by atoms with Gasteiger partial charge < -0.3 is 5.73 Å². The number of hydrogen-bond donors (Lipinski definition) is 1. The van der Waals surface area contributed by atoms with Crippen LogP contribution < -0.4 is 5.73 Å². The van der Waals surface area contributed by atoms with Crippen molar-refractivity contribution in [2.75, 3.05) is 5.73 Å². The molecule has 0 aliphatic rings. The predicted octanol–water partition coefficient (Wildman–Crippen LogP) is 5.29. The second-order valence-electron chi connectivity index (χ2n) is 4.66. The van der Waals surface area contributed by atoms with Crippen LogP contribution in [0.4, 0.5) is 5.69 Å². The van der Waals surface area contributed by atoms with E-state index >= 15 is 0 Å². The maximum Gasteiger partial charge on any atom is 0.0977 e. The van der Waals surface area contributed by atoms with Crippen molar-refractivity contribution in [3.05, 3.63) is 68.5 Å². The van der Waals surface area contributed by atoms with Crippen LogP contribution in [0.5, 0.6) is 0 Å². The molecule has 0 atom stereocenters. The quantitative estimate of drug-likeness (QED) is 0.661. The molecule has 2 N–H and O–H groups in total. The lowest BCUT2D eigenvalue weighted by atomic mass is 10.1. The van der Waals surface area contributed by atoms with Gasteiger partial charge in [-0.1, -0.05) is 41.4 Å². The van der Waals surface area contributed by atoms with E-state index in [0.717, 1.165) is 27.5 Å². The van der Waals surface area contributed by atoms with E-state index in [9.17, 15) is 0 Å². The molecular formula is C16H12Cl2N2S. The minimum atomic E-state index is 0.644. The van der Waals surface area contributed by atoms with Crippen LogP contribution in [0.15, 0.2) is 47.8 Å². The Morgan fingerprint density at radius 1 is 1.05 bits per heavy atom. The number of nitrogens with two attached hydrogens (primary N) is 1. The monoisotopic (exact) mass is 334 g/mol. The first kappa shape index (κ1) is 14.4. The Balaban J connectivity index is 1.83. The third-order valence-corrected chi connectivity index (χ3v) is 4.55. The van der Waals surface area contributed by atoms with Crippen LogP contribution in [0.3, 0.4) is 0 Å².